The van der Waals surface area contributed by atoms with Crippen molar-refractivity contribution in [1.82, 2.24) is 4.90 Å². The quantitative estimate of drug-likeness (QED) is 0.549. The van der Waals surface area contributed by atoms with E-state index in [9.17, 15) is 4.79 Å². The van der Waals surface area contributed by atoms with Crippen LogP contribution in [0.2, 0.25) is 0 Å². The van der Waals surface area contributed by atoms with Gasteiger partial charge in [-0.1, -0.05) is 0 Å². The summed E-state index contributed by atoms with van der Waals surface area (Å²) in [7, 11) is 0. The molecule has 2 amide bonds. The number of primary amides is 1. The summed E-state index contributed by atoms with van der Waals surface area (Å²) in [6.07, 6.45) is 1.16. The van der Waals surface area contributed by atoms with Crippen LogP contribution < -0.4 is 5.73 Å². The number of urea groups is 1. The maximum Gasteiger partial charge on any atom is 0.315 e. The number of rotatable bonds is 0. The Bertz CT molecular complexity index is 173. The molecule has 0 radical (unpaired) electrons. The smallest absolute Gasteiger partial charge is 0.315 e. The SMILES string of the molecule is NC(=O)N1C[C@@H]2C[C@H]1CS2. The van der Waals surface area contributed by atoms with Crippen LogP contribution in [0, 0.1) is 0 Å². The summed E-state index contributed by atoms with van der Waals surface area (Å²) in [6, 6.07) is 0.209. The number of hydrogen-bond donors (Lipinski definition) is 1. The van der Waals surface area contributed by atoms with Crippen LogP contribution in [0.4, 0.5) is 4.79 Å². The number of carbonyl (C=O) groups excluding carboxylic acids is 1. The molecular formula is C6H10N2OS. The highest BCUT2D eigenvalue weighted by molar-refractivity contribution is 8.00. The summed E-state index contributed by atoms with van der Waals surface area (Å²) < 4.78 is 0. The number of nitrogens with two attached hydrogens (primary N) is 1. The third-order valence-corrected chi connectivity index (χ3v) is 3.57. The number of thioether (sulfide) groups is 1. The zero-order valence-corrected chi connectivity index (χ0v) is 6.43. The standard InChI is InChI=1S/C6H10N2OS/c7-6(9)8-2-5-1-4(8)3-10-5/h4-5H,1-3H2,(H2,7,9)/t4-,5-/m0/s1. The molecule has 2 fully saturated rings. The highest BCUT2D eigenvalue weighted by atomic mass is 32.2. The minimum Gasteiger partial charge on any atom is -0.351 e. The molecule has 0 aliphatic carbocycles. The average molecular weight is 158 g/mol. The Labute approximate surface area is 63.9 Å². The Morgan fingerprint density at radius 2 is 2.50 bits per heavy atom. The van der Waals surface area contributed by atoms with E-state index in [1.54, 1.807) is 4.90 Å². The molecular weight excluding hydrogens is 148 g/mol. The Morgan fingerprint density at radius 1 is 1.70 bits per heavy atom. The fraction of sp³-hybridized carbons (Fsp3) is 0.833. The molecule has 2 saturated heterocycles. The summed E-state index contributed by atoms with van der Waals surface area (Å²) in [4.78, 5) is 12.5. The van der Waals surface area contributed by atoms with Crippen LogP contribution in [0.25, 0.3) is 0 Å². The summed E-state index contributed by atoms with van der Waals surface area (Å²) in [5.74, 6) is 1.09. The number of carbonyl (C=O) groups is 1. The lowest BCUT2D eigenvalue weighted by Gasteiger charge is -2.24. The molecule has 2 bridgehead atoms. The van der Waals surface area contributed by atoms with Gasteiger partial charge in [-0.2, -0.15) is 11.8 Å². The van der Waals surface area contributed by atoms with Gasteiger partial charge in [0.1, 0.15) is 0 Å². The lowest BCUT2D eigenvalue weighted by atomic mass is 10.2. The van der Waals surface area contributed by atoms with Crippen LogP contribution in [0.5, 0.6) is 0 Å². The minimum absolute atomic E-state index is 0.243. The second-order valence-electron chi connectivity index (χ2n) is 2.84. The molecule has 10 heavy (non-hydrogen) atoms. The van der Waals surface area contributed by atoms with Crippen LogP contribution in [0.15, 0.2) is 0 Å². The number of nitrogens with zero attached hydrogens (tertiary/aromatic N) is 1. The molecule has 2 heterocycles. The first-order valence-corrected chi connectivity index (χ1v) is 4.50. The maximum atomic E-state index is 10.7. The molecule has 2 rings (SSSR count). The molecule has 2 aliphatic heterocycles. The van der Waals surface area contributed by atoms with Gasteiger partial charge in [0, 0.05) is 23.6 Å². The van der Waals surface area contributed by atoms with Crippen molar-refractivity contribution < 1.29 is 4.79 Å². The molecule has 0 spiro atoms. The summed E-state index contributed by atoms with van der Waals surface area (Å²) in [5.41, 5.74) is 5.16. The maximum absolute atomic E-state index is 10.7. The first kappa shape index (κ1) is 6.34. The van der Waals surface area contributed by atoms with Crippen molar-refractivity contribution in [2.24, 2.45) is 5.73 Å². The second kappa shape index (κ2) is 2.05. The van der Waals surface area contributed by atoms with Crippen molar-refractivity contribution in [3.05, 3.63) is 0 Å². The fourth-order valence-corrected chi connectivity index (χ4v) is 3.10. The Balaban J connectivity index is 2.08. The predicted molar refractivity (Wildman–Crippen MR) is 40.9 cm³/mol. The molecule has 2 aliphatic rings. The third-order valence-electron chi connectivity index (χ3n) is 2.18. The third kappa shape index (κ3) is 0.785. The van der Waals surface area contributed by atoms with Gasteiger partial charge in [0.05, 0.1) is 0 Å². The normalized spacial score (nSPS) is 37.0. The zero-order chi connectivity index (χ0) is 7.14. The van der Waals surface area contributed by atoms with Crippen molar-refractivity contribution in [2.75, 3.05) is 12.3 Å². The van der Waals surface area contributed by atoms with E-state index in [0.29, 0.717) is 11.3 Å². The van der Waals surface area contributed by atoms with E-state index in [4.69, 9.17) is 5.73 Å². The molecule has 0 unspecified atom stereocenters. The average Bonchev–Trinajstić information content (AvgIpc) is 2.44. The van der Waals surface area contributed by atoms with Gasteiger partial charge < -0.3 is 10.6 Å². The van der Waals surface area contributed by atoms with Crippen molar-refractivity contribution in [3.8, 4) is 0 Å². The topological polar surface area (TPSA) is 46.3 Å². The predicted octanol–water partition coefficient (Wildman–Crippen LogP) is 0.255. The summed E-state index contributed by atoms with van der Waals surface area (Å²) in [5, 5.41) is 0.678. The molecule has 0 aromatic heterocycles. The van der Waals surface area contributed by atoms with Crippen LogP contribution in [-0.2, 0) is 0 Å². The van der Waals surface area contributed by atoms with Gasteiger partial charge in [-0.05, 0) is 6.42 Å². The van der Waals surface area contributed by atoms with E-state index >= 15 is 0 Å². The van der Waals surface area contributed by atoms with Crippen molar-refractivity contribution >= 4 is 17.8 Å². The van der Waals surface area contributed by atoms with Gasteiger partial charge in [0.15, 0.2) is 0 Å². The lowest BCUT2D eigenvalue weighted by molar-refractivity contribution is 0.206. The van der Waals surface area contributed by atoms with E-state index < -0.39 is 0 Å². The van der Waals surface area contributed by atoms with Crippen molar-refractivity contribution in [3.63, 3.8) is 0 Å². The van der Waals surface area contributed by atoms with Crippen LogP contribution in [-0.4, -0.2) is 34.5 Å². The van der Waals surface area contributed by atoms with E-state index in [0.717, 1.165) is 18.7 Å². The first-order chi connectivity index (χ1) is 4.77. The van der Waals surface area contributed by atoms with Gasteiger partial charge in [0.25, 0.3) is 0 Å². The Kier molecular flexibility index (Phi) is 1.30. The first-order valence-electron chi connectivity index (χ1n) is 3.45. The molecule has 4 heteroatoms. The van der Waals surface area contributed by atoms with Gasteiger partial charge in [0.2, 0.25) is 0 Å². The van der Waals surface area contributed by atoms with Gasteiger partial charge >= 0.3 is 6.03 Å². The van der Waals surface area contributed by atoms with Gasteiger partial charge in [-0.3, -0.25) is 0 Å². The fourth-order valence-electron chi connectivity index (χ4n) is 1.67. The highest BCUT2D eigenvalue weighted by Crippen LogP contribution is 2.36. The molecule has 0 saturated carbocycles. The van der Waals surface area contributed by atoms with Crippen LogP contribution in [0.1, 0.15) is 6.42 Å². The largest absolute Gasteiger partial charge is 0.351 e. The number of hydrogen-bond acceptors (Lipinski definition) is 2. The minimum atomic E-state index is -0.243. The number of fused-ring (bicyclic) bond motifs is 2. The molecule has 0 aromatic carbocycles. The zero-order valence-electron chi connectivity index (χ0n) is 5.62. The number of amides is 2. The van der Waals surface area contributed by atoms with E-state index in [2.05, 4.69) is 0 Å². The monoisotopic (exact) mass is 158 g/mol. The van der Waals surface area contributed by atoms with Crippen molar-refractivity contribution in [1.29, 1.82) is 0 Å². The lowest BCUT2D eigenvalue weighted by Crippen LogP contribution is -2.42. The molecule has 0 aromatic rings. The molecule has 56 valence electrons. The molecule has 2 N–H and O–H groups in total. The van der Waals surface area contributed by atoms with Gasteiger partial charge in [-0.15, -0.1) is 0 Å². The summed E-state index contributed by atoms with van der Waals surface area (Å²) >= 11 is 1.96. The molecule has 2 atom stereocenters. The highest BCUT2D eigenvalue weighted by Gasteiger charge is 2.39. The van der Waals surface area contributed by atoms with Crippen LogP contribution in [0.3, 0.4) is 0 Å². The Hall–Kier alpha value is -0.380. The second-order valence-corrected chi connectivity index (χ2v) is 4.17. The van der Waals surface area contributed by atoms with Crippen molar-refractivity contribution in [2.45, 2.75) is 17.7 Å². The number of likely N-dealkylation sites (tertiary alicyclic amines) is 1. The van der Waals surface area contributed by atoms with Gasteiger partial charge in [-0.25, -0.2) is 4.79 Å². The molecule has 3 nitrogen and oxygen atoms in total. The van der Waals surface area contributed by atoms with Crippen LogP contribution >= 0.6 is 11.8 Å². The summed E-state index contributed by atoms with van der Waals surface area (Å²) in [6.45, 7) is 0.880. The van der Waals surface area contributed by atoms with E-state index in [1.165, 1.54) is 0 Å². The van der Waals surface area contributed by atoms with E-state index in [1.807, 2.05) is 11.8 Å². The Morgan fingerprint density at radius 3 is 2.80 bits per heavy atom. The van der Waals surface area contributed by atoms with E-state index in [-0.39, 0.29) is 6.03 Å².